The van der Waals surface area contributed by atoms with Crippen LogP contribution < -0.4 is 5.32 Å². The van der Waals surface area contributed by atoms with Gasteiger partial charge in [-0.3, -0.25) is 4.79 Å². The van der Waals surface area contributed by atoms with Crippen LogP contribution in [0.1, 0.15) is 19.2 Å². The van der Waals surface area contributed by atoms with Crippen LogP contribution in [0.15, 0.2) is 77.3 Å². The highest BCUT2D eigenvalue weighted by atomic mass is 32.2. The third kappa shape index (κ3) is 5.73. The Morgan fingerprint density at radius 2 is 1.93 bits per heavy atom. The molecule has 1 aromatic heterocycles. The molecule has 156 valence electrons. The van der Waals surface area contributed by atoms with Crippen molar-refractivity contribution in [1.82, 2.24) is 14.8 Å². The van der Waals surface area contributed by atoms with Crippen molar-refractivity contribution in [2.75, 3.05) is 5.32 Å². The first-order valence-corrected chi connectivity index (χ1v) is 11.4. The number of carbonyl (C=O) groups is 1. The molecule has 1 N–H and O–H groups in total. The van der Waals surface area contributed by atoms with Crippen LogP contribution in [-0.2, 0) is 17.1 Å². The fraction of sp³-hybridized carbons (Fsp3) is 0.227. The van der Waals surface area contributed by atoms with Crippen molar-refractivity contribution < 1.29 is 9.18 Å². The first-order valence-electron chi connectivity index (χ1n) is 9.55. The molecule has 8 heteroatoms. The maximum Gasteiger partial charge on any atom is 0.238 e. The van der Waals surface area contributed by atoms with Gasteiger partial charge in [0.2, 0.25) is 5.91 Å². The molecule has 0 spiro atoms. The predicted molar refractivity (Wildman–Crippen MR) is 121 cm³/mol. The molecule has 0 bridgehead atoms. The quantitative estimate of drug-likeness (QED) is 0.336. The SMILES string of the molecule is C=CCn1c(CSc2ccccc2)nnc1SC(CC)C(=O)Nc1ccccc1F. The number of nitrogens with zero attached hydrogens (tertiary/aromatic N) is 3. The van der Waals surface area contributed by atoms with Crippen LogP contribution >= 0.6 is 23.5 Å². The van der Waals surface area contributed by atoms with Gasteiger partial charge >= 0.3 is 0 Å². The van der Waals surface area contributed by atoms with Gasteiger partial charge in [0.1, 0.15) is 11.6 Å². The standard InChI is InChI=1S/C22H23FN4OS2/c1-3-14-27-20(15-29-16-10-6-5-7-11-16)25-26-22(27)30-19(4-2)21(28)24-18-13-9-8-12-17(18)23/h3,5-13,19H,1,4,14-15H2,2H3,(H,24,28). The van der Waals surface area contributed by atoms with Crippen LogP contribution in [0.25, 0.3) is 0 Å². The van der Waals surface area contributed by atoms with E-state index in [1.807, 2.05) is 29.7 Å². The Bertz CT molecular complexity index is 994. The molecular weight excluding hydrogens is 419 g/mol. The predicted octanol–water partition coefficient (Wildman–Crippen LogP) is 5.40. The summed E-state index contributed by atoms with van der Waals surface area (Å²) >= 11 is 3.00. The summed E-state index contributed by atoms with van der Waals surface area (Å²) in [4.78, 5) is 13.9. The van der Waals surface area contributed by atoms with E-state index in [2.05, 4.69) is 34.2 Å². The van der Waals surface area contributed by atoms with Crippen molar-refractivity contribution in [1.29, 1.82) is 0 Å². The molecule has 0 saturated heterocycles. The van der Waals surface area contributed by atoms with E-state index >= 15 is 0 Å². The summed E-state index contributed by atoms with van der Waals surface area (Å²) in [6.07, 6.45) is 2.35. The molecule has 3 aromatic rings. The lowest BCUT2D eigenvalue weighted by atomic mass is 10.2. The summed E-state index contributed by atoms with van der Waals surface area (Å²) in [5.74, 6) is 0.751. The summed E-state index contributed by atoms with van der Waals surface area (Å²) in [5.41, 5.74) is 0.175. The molecule has 0 saturated carbocycles. The number of hydrogen-bond donors (Lipinski definition) is 1. The average Bonchev–Trinajstić information content (AvgIpc) is 3.14. The van der Waals surface area contributed by atoms with Gasteiger partial charge in [-0.15, -0.1) is 28.5 Å². The Kier molecular flexibility index (Phi) is 8.10. The highest BCUT2D eigenvalue weighted by molar-refractivity contribution is 8.00. The van der Waals surface area contributed by atoms with E-state index in [4.69, 9.17) is 0 Å². The van der Waals surface area contributed by atoms with Crippen LogP contribution in [0.5, 0.6) is 0 Å². The van der Waals surface area contributed by atoms with Crippen molar-refractivity contribution in [3.8, 4) is 0 Å². The van der Waals surface area contributed by atoms with Crippen molar-refractivity contribution in [2.45, 2.75) is 40.9 Å². The number of nitrogens with one attached hydrogen (secondary N) is 1. The Labute approximate surface area is 184 Å². The summed E-state index contributed by atoms with van der Waals surface area (Å²) in [7, 11) is 0. The third-order valence-corrected chi connectivity index (χ3v) is 6.61. The molecule has 2 aromatic carbocycles. The second-order valence-electron chi connectivity index (χ2n) is 6.38. The number of amides is 1. The molecule has 1 amide bonds. The van der Waals surface area contributed by atoms with E-state index in [0.717, 1.165) is 10.7 Å². The zero-order valence-corrected chi connectivity index (χ0v) is 18.3. The normalized spacial score (nSPS) is 11.8. The highest BCUT2D eigenvalue weighted by Gasteiger charge is 2.23. The number of allylic oxidation sites excluding steroid dienone is 1. The summed E-state index contributed by atoms with van der Waals surface area (Å²) in [6.45, 7) is 6.29. The van der Waals surface area contributed by atoms with Crippen LogP contribution in [0.3, 0.4) is 0 Å². The van der Waals surface area contributed by atoms with Crippen LogP contribution in [0, 0.1) is 5.82 Å². The maximum absolute atomic E-state index is 13.9. The van der Waals surface area contributed by atoms with Crippen molar-refractivity contribution in [2.24, 2.45) is 0 Å². The maximum atomic E-state index is 13.9. The van der Waals surface area contributed by atoms with E-state index in [9.17, 15) is 9.18 Å². The van der Waals surface area contributed by atoms with E-state index in [-0.39, 0.29) is 11.6 Å². The lowest BCUT2D eigenvalue weighted by Gasteiger charge is -2.15. The Hall–Kier alpha value is -2.58. The molecule has 0 aliphatic carbocycles. The summed E-state index contributed by atoms with van der Waals surface area (Å²) in [5, 5.41) is 11.5. The number of benzene rings is 2. The average molecular weight is 443 g/mol. The van der Waals surface area contributed by atoms with Gasteiger partial charge in [0.25, 0.3) is 0 Å². The smallest absolute Gasteiger partial charge is 0.238 e. The van der Waals surface area contributed by atoms with Crippen molar-refractivity contribution in [3.63, 3.8) is 0 Å². The molecule has 1 atom stereocenters. The number of aromatic nitrogens is 3. The fourth-order valence-electron chi connectivity index (χ4n) is 2.72. The van der Waals surface area contributed by atoms with Gasteiger partial charge in [-0.1, -0.05) is 55.1 Å². The second kappa shape index (κ2) is 11.0. The number of rotatable bonds is 10. The van der Waals surface area contributed by atoms with E-state index in [1.165, 1.54) is 17.8 Å². The minimum atomic E-state index is -0.458. The lowest BCUT2D eigenvalue weighted by Crippen LogP contribution is -2.25. The van der Waals surface area contributed by atoms with Gasteiger partial charge in [-0.05, 0) is 30.7 Å². The molecule has 0 fully saturated rings. The Balaban J connectivity index is 1.72. The molecule has 30 heavy (non-hydrogen) atoms. The molecule has 0 aliphatic rings. The fourth-order valence-corrected chi connectivity index (χ4v) is 4.56. The number of thioether (sulfide) groups is 2. The Morgan fingerprint density at radius 1 is 1.20 bits per heavy atom. The first kappa shape index (κ1) is 22.1. The molecule has 1 unspecified atom stereocenters. The molecule has 1 heterocycles. The van der Waals surface area contributed by atoms with E-state index < -0.39 is 11.1 Å². The van der Waals surface area contributed by atoms with Gasteiger partial charge in [-0.25, -0.2) is 4.39 Å². The Morgan fingerprint density at radius 3 is 2.63 bits per heavy atom. The lowest BCUT2D eigenvalue weighted by molar-refractivity contribution is -0.115. The molecule has 0 aliphatic heterocycles. The highest BCUT2D eigenvalue weighted by Crippen LogP contribution is 2.28. The molecular formula is C22H23FN4OS2. The molecule has 5 nitrogen and oxygen atoms in total. The number of halogens is 1. The third-order valence-electron chi connectivity index (χ3n) is 4.26. The number of para-hydroxylation sites is 1. The van der Waals surface area contributed by atoms with Gasteiger partial charge in [0.05, 0.1) is 16.7 Å². The molecule has 3 rings (SSSR count). The van der Waals surface area contributed by atoms with Crippen molar-refractivity contribution in [3.05, 3.63) is 78.9 Å². The van der Waals surface area contributed by atoms with Gasteiger partial charge in [-0.2, -0.15) is 0 Å². The van der Waals surface area contributed by atoms with Gasteiger partial charge in [0.15, 0.2) is 5.16 Å². The number of carbonyl (C=O) groups excluding carboxylic acids is 1. The largest absolute Gasteiger partial charge is 0.323 e. The van der Waals surface area contributed by atoms with E-state index in [1.54, 1.807) is 36.0 Å². The number of anilines is 1. The monoisotopic (exact) mass is 442 g/mol. The summed E-state index contributed by atoms with van der Waals surface area (Å²) in [6, 6.07) is 16.2. The summed E-state index contributed by atoms with van der Waals surface area (Å²) < 4.78 is 15.8. The zero-order chi connectivity index (χ0) is 21.3. The van der Waals surface area contributed by atoms with Gasteiger partial charge in [0, 0.05) is 11.4 Å². The zero-order valence-electron chi connectivity index (χ0n) is 16.6. The second-order valence-corrected chi connectivity index (χ2v) is 8.60. The van der Waals surface area contributed by atoms with E-state index in [0.29, 0.717) is 23.9 Å². The minimum Gasteiger partial charge on any atom is -0.323 e. The first-order chi connectivity index (χ1) is 14.6. The van der Waals surface area contributed by atoms with Crippen LogP contribution in [-0.4, -0.2) is 25.9 Å². The van der Waals surface area contributed by atoms with Crippen LogP contribution in [0.2, 0.25) is 0 Å². The molecule has 0 radical (unpaired) electrons. The number of hydrogen-bond acceptors (Lipinski definition) is 5. The van der Waals surface area contributed by atoms with Crippen LogP contribution in [0.4, 0.5) is 10.1 Å². The van der Waals surface area contributed by atoms with Gasteiger partial charge < -0.3 is 9.88 Å². The van der Waals surface area contributed by atoms with Crippen molar-refractivity contribution >= 4 is 35.1 Å². The minimum absolute atomic E-state index is 0.175. The topological polar surface area (TPSA) is 59.8 Å².